The lowest BCUT2D eigenvalue weighted by Crippen LogP contribution is -2.52. The zero-order valence-corrected chi connectivity index (χ0v) is 12.5. The van der Waals surface area contributed by atoms with E-state index in [2.05, 4.69) is 18.7 Å². The van der Waals surface area contributed by atoms with Gasteiger partial charge in [-0.25, -0.2) is 0 Å². The minimum atomic E-state index is -0.572. The number of rotatable bonds is 5. The number of hydrogen-bond acceptors (Lipinski definition) is 2. The van der Waals surface area contributed by atoms with Gasteiger partial charge in [-0.05, 0) is 51.5 Å². The molecular weight excluding hydrogens is 238 g/mol. The van der Waals surface area contributed by atoms with Crippen molar-refractivity contribution in [2.45, 2.75) is 71.3 Å². The second-order valence-corrected chi connectivity index (χ2v) is 6.69. The Morgan fingerprint density at radius 1 is 1.37 bits per heavy atom. The minimum absolute atomic E-state index is 0.472. The van der Waals surface area contributed by atoms with Gasteiger partial charge in [0.2, 0.25) is 0 Å². The fraction of sp³-hybridized carbons (Fsp3) is 0.938. The van der Waals surface area contributed by atoms with Gasteiger partial charge in [0, 0.05) is 12.6 Å². The maximum atomic E-state index is 11.7. The van der Waals surface area contributed by atoms with Crippen molar-refractivity contribution < 1.29 is 9.90 Å². The second-order valence-electron chi connectivity index (χ2n) is 6.69. The van der Waals surface area contributed by atoms with Crippen LogP contribution in [0.25, 0.3) is 0 Å². The topological polar surface area (TPSA) is 40.5 Å². The molecule has 2 unspecified atom stereocenters. The molecule has 2 aliphatic rings. The lowest BCUT2D eigenvalue weighted by molar-refractivity contribution is -0.154. The number of carboxylic acid groups (broad SMARTS) is 1. The van der Waals surface area contributed by atoms with Crippen molar-refractivity contribution in [3.8, 4) is 0 Å². The van der Waals surface area contributed by atoms with Crippen LogP contribution in [0.4, 0.5) is 0 Å². The molecule has 1 saturated heterocycles. The zero-order valence-electron chi connectivity index (χ0n) is 12.5. The molecule has 0 bridgehead atoms. The van der Waals surface area contributed by atoms with Crippen LogP contribution in [0, 0.1) is 11.3 Å². The van der Waals surface area contributed by atoms with Gasteiger partial charge in [0.05, 0.1) is 5.41 Å². The Bertz CT molecular complexity index is 308. The molecule has 0 aromatic carbocycles. The van der Waals surface area contributed by atoms with E-state index in [1.165, 1.54) is 25.7 Å². The summed E-state index contributed by atoms with van der Waals surface area (Å²) in [6, 6.07) is 0.568. The molecule has 2 rings (SSSR count). The van der Waals surface area contributed by atoms with Crippen LogP contribution in [0.3, 0.4) is 0 Å². The molecule has 0 amide bonds. The molecular formula is C16H29NO2. The largest absolute Gasteiger partial charge is 0.481 e. The van der Waals surface area contributed by atoms with Gasteiger partial charge >= 0.3 is 5.97 Å². The average molecular weight is 267 g/mol. The number of carbonyl (C=O) groups is 1. The molecule has 2 atom stereocenters. The van der Waals surface area contributed by atoms with Crippen LogP contribution in [0.2, 0.25) is 0 Å². The van der Waals surface area contributed by atoms with E-state index in [1.807, 2.05) is 0 Å². The maximum Gasteiger partial charge on any atom is 0.310 e. The number of likely N-dealkylation sites (tertiary alicyclic amines) is 1. The molecule has 3 nitrogen and oxygen atoms in total. The van der Waals surface area contributed by atoms with Crippen LogP contribution >= 0.6 is 0 Å². The first-order valence-electron chi connectivity index (χ1n) is 8.06. The lowest BCUT2D eigenvalue weighted by Gasteiger charge is -2.44. The maximum absolute atomic E-state index is 11.7. The minimum Gasteiger partial charge on any atom is -0.481 e. The van der Waals surface area contributed by atoms with Gasteiger partial charge in [-0.15, -0.1) is 0 Å². The van der Waals surface area contributed by atoms with Crippen LogP contribution < -0.4 is 0 Å². The van der Waals surface area contributed by atoms with E-state index in [0.717, 1.165) is 44.7 Å². The molecule has 0 spiro atoms. The molecule has 0 aromatic heterocycles. The van der Waals surface area contributed by atoms with Crippen molar-refractivity contribution in [2.75, 3.05) is 13.1 Å². The van der Waals surface area contributed by atoms with Gasteiger partial charge in [-0.2, -0.15) is 0 Å². The number of nitrogens with zero attached hydrogens (tertiary/aromatic N) is 1. The SMILES string of the molecule is CCCC1(C(=O)O)CCCN(C(C)C2CCCC2)C1. The summed E-state index contributed by atoms with van der Waals surface area (Å²) in [5.41, 5.74) is -0.472. The van der Waals surface area contributed by atoms with Crippen molar-refractivity contribution >= 4 is 5.97 Å². The van der Waals surface area contributed by atoms with Crippen molar-refractivity contribution in [3.63, 3.8) is 0 Å². The number of aliphatic carboxylic acids is 1. The van der Waals surface area contributed by atoms with Crippen LogP contribution in [-0.2, 0) is 4.79 Å². The summed E-state index contributed by atoms with van der Waals surface area (Å²) < 4.78 is 0. The van der Waals surface area contributed by atoms with Gasteiger partial charge in [-0.1, -0.05) is 26.2 Å². The number of hydrogen-bond donors (Lipinski definition) is 1. The highest BCUT2D eigenvalue weighted by atomic mass is 16.4. The number of piperidine rings is 1. The predicted octanol–water partition coefficient (Wildman–Crippen LogP) is 3.53. The van der Waals surface area contributed by atoms with Crippen molar-refractivity contribution in [1.29, 1.82) is 0 Å². The zero-order chi connectivity index (χ0) is 13.9. The van der Waals surface area contributed by atoms with E-state index in [1.54, 1.807) is 0 Å². The standard InChI is InChI=1S/C16H29NO2/c1-3-9-16(15(18)19)10-6-11-17(12-16)13(2)14-7-4-5-8-14/h13-14H,3-12H2,1-2H3,(H,18,19). The van der Waals surface area contributed by atoms with Crippen molar-refractivity contribution in [2.24, 2.45) is 11.3 Å². The Balaban J connectivity index is 2.04. The van der Waals surface area contributed by atoms with E-state index in [-0.39, 0.29) is 0 Å². The lowest BCUT2D eigenvalue weighted by atomic mass is 9.75. The van der Waals surface area contributed by atoms with E-state index in [9.17, 15) is 9.90 Å². The van der Waals surface area contributed by atoms with Gasteiger partial charge in [-0.3, -0.25) is 9.69 Å². The summed E-state index contributed by atoms with van der Waals surface area (Å²) in [6.07, 6.45) is 9.11. The summed E-state index contributed by atoms with van der Waals surface area (Å²) >= 11 is 0. The molecule has 110 valence electrons. The Kier molecular flexibility index (Phi) is 4.88. The molecule has 2 fully saturated rings. The molecule has 3 heteroatoms. The molecule has 1 N–H and O–H groups in total. The van der Waals surface area contributed by atoms with Gasteiger partial charge < -0.3 is 5.11 Å². The fourth-order valence-corrected chi connectivity index (χ4v) is 4.22. The smallest absolute Gasteiger partial charge is 0.310 e. The summed E-state index contributed by atoms with van der Waals surface area (Å²) in [5, 5.41) is 9.66. The first-order chi connectivity index (χ1) is 9.09. The molecule has 1 saturated carbocycles. The van der Waals surface area contributed by atoms with Gasteiger partial charge in [0.15, 0.2) is 0 Å². The van der Waals surface area contributed by atoms with Crippen LogP contribution in [0.1, 0.15) is 65.2 Å². The molecule has 0 radical (unpaired) electrons. The van der Waals surface area contributed by atoms with E-state index in [4.69, 9.17) is 0 Å². The van der Waals surface area contributed by atoms with Crippen LogP contribution in [0.5, 0.6) is 0 Å². The highest BCUT2D eigenvalue weighted by molar-refractivity contribution is 5.75. The van der Waals surface area contributed by atoms with Gasteiger partial charge in [0.1, 0.15) is 0 Å². The average Bonchev–Trinajstić information content (AvgIpc) is 2.92. The Morgan fingerprint density at radius 3 is 2.63 bits per heavy atom. The third-order valence-electron chi connectivity index (χ3n) is 5.45. The third-order valence-corrected chi connectivity index (χ3v) is 5.45. The summed E-state index contributed by atoms with van der Waals surface area (Å²) in [4.78, 5) is 14.2. The van der Waals surface area contributed by atoms with E-state index in [0.29, 0.717) is 6.04 Å². The van der Waals surface area contributed by atoms with Crippen molar-refractivity contribution in [1.82, 2.24) is 4.90 Å². The molecule has 1 aliphatic carbocycles. The molecule has 1 aliphatic heterocycles. The summed E-state index contributed by atoms with van der Waals surface area (Å²) in [6.45, 7) is 6.29. The molecule has 1 heterocycles. The first-order valence-corrected chi connectivity index (χ1v) is 8.06. The summed E-state index contributed by atoms with van der Waals surface area (Å²) in [7, 11) is 0. The third kappa shape index (κ3) is 3.13. The Hall–Kier alpha value is -0.570. The fourth-order valence-electron chi connectivity index (χ4n) is 4.22. The monoisotopic (exact) mass is 267 g/mol. The van der Waals surface area contributed by atoms with Gasteiger partial charge in [0.25, 0.3) is 0 Å². The van der Waals surface area contributed by atoms with E-state index >= 15 is 0 Å². The van der Waals surface area contributed by atoms with E-state index < -0.39 is 11.4 Å². The Labute approximate surface area is 117 Å². The summed E-state index contributed by atoms with van der Waals surface area (Å²) in [5.74, 6) is 0.226. The van der Waals surface area contributed by atoms with Crippen LogP contribution in [0.15, 0.2) is 0 Å². The second kappa shape index (κ2) is 6.25. The number of carboxylic acids is 1. The molecule has 19 heavy (non-hydrogen) atoms. The predicted molar refractivity (Wildman–Crippen MR) is 77.2 cm³/mol. The highest BCUT2D eigenvalue weighted by Gasteiger charge is 2.43. The Morgan fingerprint density at radius 2 is 2.05 bits per heavy atom. The van der Waals surface area contributed by atoms with Crippen molar-refractivity contribution in [3.05, 3.63) is 0 Å². The van der Waals surface area contributed by atoms with Crippen LogP contribution in [-0.4, -0.2) is 35.1 Å². The normalized spacial score (nSPS) is 31.5. The highest BCUT2D eigenvalue weighted by Crippen LogP contribution is 2.38. The molecule has 0 aromatic rings. The quantitative estimate of drug-likeness (QED) is 0.828. The first kappa shape index (κ1) is 14.8.